The number of aromatic nitrogens is 3. The zero-order valence-electron chi connectivity index (χ0n) is 15.4. The molecular formula is C19H21FN4O2S2. The first-order valence-corrected chi connectivity index (χ1v) is 11.6. The van der Waals surface area contributed by atoms with Crippen molar-refractivity contribution in [2.45, 2.75) is 18.1 Å². The van der Waals surface area contributed by atoms with Crippen LogP contribution in [0.25, 0.3) is 11.4 Å². The van der Waals surface area contributed by atoms with Gasteiger partial charge in [-0.05, 0) is 24.1 Å². The van der Waals surface area contributed by atoms with Crippen LogP contribution in [0.3, 0.4) is 0 Å². The molecule has 0 unspecified atom stereocenters. The molecule has 1 N–H and O–H groups in total. The summed E-state index contributed by atoms with van der Waals surface area (Å²) in [7, 11) is -3.19. The summed E-state index contributed by atoms with van der Waals surface area (Å²) in [6, 6.07) is 16.3. The molecule has 148 valence electrons. The predicted octanol–water partition coefficient (Wildman–Crippen LogP) is 3.16. The molecular weight excluding hydrogens is 399 g/mol. The van der Waals surface area contributed by atoms with Crippen molar-refractivity contribution in [2.75, 3.05) is 18.6 Å². The third-order valence-corrected chi connectivity index (χ3v) is 5.71. The van der Waals surface area contributed by atoms with Gasteiger partial charge in [0.1, 0.15) is 5.82 Å². The van der Waals surface area contributed by atoms with Gasteiger partial charge < -0.3 is 0 Å². The van der Waals surface area contributed by atoms with Crippen molar-refractivity contribution in [1.29, 1.82) is 0 Å². The molecule has 0 aliphatic carbocycles. The summed E-state index contributed by atoms with van der Waals surface area (Å²) in [5.41, 5.74) is 1.46. The topological polar surface area (TPSA) is 76.9 Å². The van der Waals surface area contributed by atoms with Gasteiger partial charge in [-0.25, -0.2) is 17.5 Å². The summed E-state index contributed by atoms with van der Waals surface area (Å²) in [6.07, 6.45) is 1.78. The summed E-state index contributed by atoms with van der Waals surface area (Å²) in [5.74, 6) is 0.782. The lowest BCUT2D eigenvalue weighted by atomic mass is 10.2. The minimum Gasteiger partial charge on any atom is -0.297 e. The van der Waals surface area contributed by atoms with Crippen molar-refractivity contribution in [3.05, 3.63) is 66.0 Å². The summed E-state index contributed by atoms with van der Waals surface area (Å²) < 4.78 is 40.9. The van der Waals surface area contributed by atoms with E-state index in [2.05, 4.69) is 14.9 Å². The third-order valence-electron chi connectivity index (χ3n) is 3.93. The molecule has 0 spiro atoms. The van der Waals surface area contributed by atoms with Crippen LogP contribution >= 0.6 is 11.8 Å². The number of benzene rings is 2. The maximum absolute atomic E-state index is 14.3. The Bertz CT molecular complexity index is 1020. The molecule has 3 rings (SSSR count). The van der Waals surface area contributed by atoms with Crippen LogP contribution in [-0.4, -0.2) is 41.7 Å². The smallest absolute Gasteiger partial charge is 0.208 e. The molecule has 0 radical (unpaired) electrons. The lowest BCUT2D eigenvalue weighted by Crippen LogP contribution is -2.23. The Kier molecular flexibility index (Phi) is 6.82. The molecule has 0 aliphatic heterocycles. The van der Waals surface area contributed by atoms with Crippen molar-refractivity contribution in [3.63, 3.8) is 0 Å². The molecule has 0 atom stereocenters. The highest BCUT2D eigenvalue weighted by Crippen LogP contribution is 2.27. The van der Waals surface area contributed by atoms with E-state index >= 15 is 0 Å². The van der Waals surface area contributed by atoms with Gasteiger partial charge in [0.05, 0.1) is 18.4 Å². The minimum absolute atomic E-state index is 0.349. The Balaban J connectivity index is 1.80. The van der Waals surface area contributed by atoms with E-state index in [0.717, 1.165) is 11.8 Å². The van der Waals surface area contributed by atoms with Crippen LogP contribution in [0, 0.1) is 5.82 Å². The number of hydrogen-bond donors (Lipinski definition) is 1. The van der Waals surface area contributed by atoms with Gasteiger partial charge >= 0.3 is 0 Å². The molecule has 9 heteroatoms. The van der Waals surface area contributed by atoms with Crippen molar-refractivity contribution in [3.8, 4) is 11.4 Å². The second-order valence-electron chi connectivity index (χ2n) is 6.23. The highest BCUT2D eigenvalue weighted by Gasteiger charge is 2.17. The lowest BCUT2D eigenvalue weighted by molar-refractivity contribution is 0.587. The molecule has 2 aromatic carbocycles. The van der Waals surface area contributed by atoms with Crippen LogP contribution < -0.4 is 4.72 Å². The highest BCUT2D eigenvalue weighted by atomic mass is 32.2. The summed E-state index contributed by atoms with van der Waals surface area (Å²) in [5, 5.41) is 9.14. The fourth-order valence-electron chi connectivity index (χ4n) is 2.64. The molecule has 0 saturated heterocycles. The number of nitrogens with zero attached hydrogens (tertiary/aromatic N) is 3. The molecule has 0 fully saturated rings. The highest BCUT2D eigenvalue weighted by molar-refractivity contribution is 7.99. The van der Waals surface area contributed by atoms with Gasteiger partial charge in [0.2, 0.25) is 10.0 Å². The molecule has 6 nitrogen and oxygen atoms in total. The quantitative estimate of drug-likeness (QED) is 0.425. The predicted molar refractivity (Wildman–Crippen MR) is 109 cm³/mol. The number of thioether (sulfide) groups is 1. The largest absolute Gasteiger partial charge is 0.297 e. The second kappa shape index (κ2) is 9.31. The first kappa shape index (κ1) is 20.5. The van der Waals surface area contributed by atoms with Gasteiger partial charge in [-0.15, -0.1) is 10.2 Å². The van der Waals surface area contributed by atoms with Crippen molar-refractivity contribution in [2.24, 2.45) is 0 Å². The molecule has 0 bridgehead atoms. The molecule has 1 heterocycles. The van der Waals surface area contributed by atoms with Crippen LogP contribution in [0.4, 0.5) is 4.39 Å². The summed E-state index contributed by atoms with van der Waals surface area (Å²) in [6.45, 7) is 0.875. The number of sulfonamides is 1. The average molecular weight is 421 g/mol. The van der Waals surface area contributed by atoms with E-state index in [1.165, 1.54) is 17.8 Å². The lowest BCUT2D eigenvalue weighted by Gasteiger charge is -2.11. The van der Waals surface area contributed by atoms with Crippen LogP contribution in [0.2, 0.25) is 0 Å². The van der Waals surface area contributed by atoms with Crippen molar-refractivity contribution in [1.82, 2.24) is 19.5 Å². The van der Waals surface area contributed by atoms with E-state index in [0.29, 0.717) is 41.8 Å². The molecule has 0 aliphatic rings. The van der Waals surface area contributed by atoms with Crippen LogP contribution in [0.1, 0.15) is 12.0 Å². The van der Waals surface area contributed by atoms with Gasteiger partial charge in [-0.3, -0.25) is 4.57 Å². The van der Waals surface area contributed by atoms with Gasteiger partial charge in [0.25, 0.3) is 0 Å². The Labute approximate surface area is 168 Å². The van der Waals surface area contributed by atoms with Gasteiger partial charge in [-0.2, -0.15) is 0 Å². The van der Waals surface area contributed by atoms with Crippen LogP contribution in [-0.2, 0) is 16.6 Å². The number of nitrogens with one attached hydrogen (secondary N) is 1. The number of hydrogen-bond acceptors (Lipinski definition) is 5. The fourth-order valence-corrected chi connectivity index (χ4v) is 4.03. The maximum Gasteiger partial charge on any atom is 0.208 e. The first-order valence-electron chi connectivity index (χ1n) is 8.73. The number of halogens is 1. The van der Waals surface area contributed by atoms with Crippen molar-refractivity contribution >= 4 is 21.8 Å². The van der Waals surface area contributed by atoms with E-state index in [1.54, 1.807) is 18.2 Å². The molecule has 0 amide bonds. The zero-order chi connectivity index (χ0) is 20.0. The average Bonchev–Trinajstić information content (AvgIpc) is 3.04. The fraction of sp³-hybridized carbons (Fsp3) is 0.263. The normalized spacial score (nSPS) is 11.6. The molecule has 0 saturated carbocycles. The Morgan fingerprint density at radius 3 is 2.50 bits per heavy atom. The Hall–Kier alpha value is -2.23. The Morgan fingerprint density at radius 1 is 1.07 bits per heavy atom. The Morgan fingerprint density at radius 2 is 1.79 bits per heavy atom. The van der Waals surface area contributed by atoms with E-state index in [9.17, 15) is 12.8 Å². The van der Waals surface area contributed by atoms with E-state index < -0.39 is 10.0 Å². The molecule has 28 heavy (non-hydrogen) atoms. The summed E-state index contributed by atoms with van der Waals surface area (Å²) in [4.78, 5) is 0. The van der Waals surface area contributed by atoms with Crippen LogP contribution in [0.5, 0.6) is 0 Å². The van der Waals surface area contributed by atoms with E-state index in [4.69, 9.17) is 0 Å². The SMILES string of the molecule is CS(=O)(=O)NCCCSc1nnc(-c2ccccc2F)n1Cc1ccccc1. The van der Waals surface area contributed by atoms with Gasteiger partial charge in [-0.1, -0.05) is 54.2 Å². The second-order valence-corrected chi connectivity index (χ2v) is 9.12. The molecule has 1 aromatic heterocycles. The monoisotopic (exact) mass is 420 g/mol. The van der Waals surface area contributed by atoms with Crippen molar-refractivity contribution < 1.29 is 12.8 Å². The van der Waals surface area contributed by atoms with Crippen LogP contribution in [0.15, 0.2) is 59.8 Å². The van der Waals surface area contributed by atoms with E-state index in [-0.39, 0.29) is 5.82 Å². The number of rotatable bonds is 9. The maximum atomic E-state index is 14.3. The van der Waals surface area contributed by atoms with Gasteiger partial charge in [0.15, 0.2) is 11.0 Å². The standard InChI is InChI=1S/C19H21FN4O2S2/c1-28(25,26)21-12-7-13-27-19-23-22-18(16-10-5-6-11-17(16)20)24(19)14-15-8-3-2-4-9-15/h2-6,8-11,21H,7,12-14H2,1H3. The van der Waals surface area contributed by atoms with E-state index in [1.807, 2.05) is 34.9 Å². The zero-order valence-corrected chi connectivity index (χ0v) is 17.0. The van der Waals surface area contributed by atoms with Gasteiger partial charge in [0, 0.05) is 12.3 Å². The summed E-state index contributed by atoms with van der Waals surface area (Å²) >= 11 is 1.47. The minimum atomic E-state index is -3.19. The first-order chi connectivity index (χ1) is 13.4. The third kappa shape index (κ3) is 5.63. The molecule has 3 aromatic rings.